The molecule has 1 N–H and O–H groups in total. The van der Waals surface area contributed by atoms with Crippen LogP contribution in [-0.2, 0) is 9.47 Å². The first-order valence-electron chi connectivity index (χ1n) is 10.0. The average molecular weight is 429 g/mol. The monoisotopic (exact) mass is 429 g/mol. The SMILES string of the molecule is C=[N+]([O-])c1cc(/C=N\Nc2ncc(F)c(N3CCOCC3)n2)ccc1N1CCOCC1. The minimum atomic E-state index is -0.495. The fourth-order valence-corrected chi connectivity index (χ4v) is 3.47. The van der Waals surface area contributed by atoms with Gasteiger partial charge in [-0.3, -0.25) is 0 Å². The van der Waals surface area contributed by atoms with Crippen LogP contribution in [0, 0.1) is 11.0 Å². The van der Waals surface area contributed by atoms with Crippen molar-refractivity contribution in [2.45, 2.75) is 0 Å². The second-order valence-corrected chi connectivity index (χ2v) is 7.06. The molecule has 0 aliphatic carbocycles. The van der Waals surface area contributed by atoms with Gasteiger partial charge in [0, 0.05) is 37.8 Å². The topological polar surface area (TPSA) is 101 Å². The number of rotatable bonds is 6. The van der Waals surface area contributed by atoms with Crippen molar-refractivity contribution in [3.05, 3.63) is 41.0 Å². The minimum absolute atomic E-state index is 0.173. The van der Waals surface area contributed by atoms with Gasteiger partial charge in [-0.1, -0.05) is 6.07 Å². The number of aromatic nitrogens is 2. The molecular weight excluding hydrogens is 405 g/mol. The van der Waals surface area contributed by atoms with Crippen LogP contribution in [0.4, 0.5) is 27.5 Å². The van der Waals surface area contributed by atoms with E-state index in [0.29, 0.717) is 68.6 Å². The quantitative estimate of drug-likeness (QED) is 0.320. The van der Waals surface area contributed by atoms with Gasteiger partial charge in [0.2, 0.25) is 11.6 Å². The molecule has 31 heavy (non-hydrogen) atoms. The number of hydrogen-bond donors (Lipinski definition) is 1. The zero-order chi connectivity index (χ0) is 21.6. The lowest BCUT2D eigenvalue weighted by Gasteiger charge is -2.29. The van der Waals surface area contributed by atoms with E-state index in [9.17, 15) is 9.60 Å². The Kier molecular flexibility index (Phi) is 6.53. The Bertz CT molecular complexity index is 960. The van der Waals surface area contributed by atoms with Crippen LogP contribution in [0.25, 0.3) is 0 Å². The summed E-state index contributed by atoms with van der Waals surface area (Å²) in [5.41, 5.74) is 4.65. The van der Waals surface area contributed by atoms with E-state index in [2.05, 4.69) is 32.1 Å². The number of benzene rings is 1. The number of morpholine rings is 2. The molecule has 0 spiro atoms. The second kappa shape index (κ2) is 9.67. The Hall–Kier alpha value is -3.31. The van der Waals surface area contributed by atoms with Gasteiger partial charge in [0.05, 0.1) is 38.8 Å². The van der Waals surface area contributed by atoms with Crippen molar-refractivity contribution in [3.63, 3.8) is 0 Å². The van der Waals surface area contributed by atoms with Crippen LogP contribution in [0.3, 0.4) is 0 Å². The van der Waals surface area contributed by atoms with E-state index >= 15 is 0 Å². The van der Waals surface area contributed by atoms with Gasteiger partial charge in [-0.2, -0.15) is 14.8 Å². The summed E-state index contributed by atoms with van der Waals surface area (Å²) in [6, 6.07) is 5.43. The molecule has 0 unspecified atom stereocenters. The van der Waals surface area contributed by atoms with Crippen molar-refractivity contribution in [1.29, 1.82) is 0 Å². The molecule has 1 aromatic heterocycles. The zero-order valence-electron chi connectivity index (χ0n) is 17.0. The molecule has 0 saturated carbocycles. The second-order valence-electron chi connectivity index (χ2n) is 7.06. The molecular formula is C20H24FN7O3. The molecule has 164 valence electrons. The van der Waals surface area contributed by atoms with E-state index < -0.39 is 5.82 Å². The van der Waals surface area contributed by atoms with E-state index in [4.69, 9.17) is 9.47 Å². The number of nitrogens with zero attached hydrogens (tertiary/aromatic N) is 6. The number of ether oxygens (including phenoxy) is 2. The molecule has 11 heteroatoms. The summed E-state index contributed by atoms with van der Waals surface area (Å²) in [4.78, 5) is 12.1. The molecule has 0 bridgehead atoms. The molecule has 0 amide bonds. The molecule has 0 radical (unpaired) electrons. The van der Waals surface area contributed by atoms with Crippen molar-refractivity contribution >= 4 is 36.1 Å². The van der Waals surface area contributed by atoms with Crippen LogP contribution in [-0.4, -0.2) is 80.2 Å². The third-order valence-corrected chi connectivity index (χ3v) is 5.03. The van der Waals surface area contributed by atoms with Crippen LogP contribution in [0.5, 0.6) is 0 Å². The van der Waals surface area contributed by atoms with Crippen LogP contribution in [0.2, 0.25) is 0 Å². The highest BCUT2D eigenvalue weighted by molar-refractivity contribution is 5.83. The summed E-state index contributed by atoms with van der Waals surface area (Å²) in [5.74, 6) is -0.107. The van der Waals surface area contributed by atoms with E-state index in [1.54, 1.807) is 6.07 Å². The lowest BCUT2D eigenvalue weighted by Crippen LogP contribution is -2.37. The van der Waals surface area contributed by atoms with E-state index in [1.807, 2.05) is 17.0 Å². The standard InChI is InChI=1S/C20H24FN7O3/c1-26(29)18-12-15(2-3-17(18)27-4-8-30-9-5-27)13-23-25-20-22-14-16(21)19(24-20)28-6-10-31-11-7-28/h2-3,12-14H,1,4-11H2,(H,22,24,25)/b23-13-. The number of hydrogen-bond acceptors (Lipinski definition) is 9. The van der Waals surface area contributed by atoms with Crippen molar-refractivity contribution in [2.24, 2.45) is 5.10 Å². The molecule has 2 aliphatic rings. The Morgan fingerprint density at radius 1 is 1.13 bits per heavy atom. The van der Waals surface area contributed by atoms with Gasteiger partial charge in [-0.25, -0.2) is 14.8 Å². The molecule has 10 nitrogen and oxygen atoms in total. The Morgan fingerprint density at radius 2 is 1.81 bits per heavy atom. The molecule has 0 atom stereocenters. The highest BCUT2D eigenvalue weighted by atomic mass is 19.1. The van der Waals surface area contributed by atoms with Gasteiger partial charge in [0.15, 0.2) is 11.6 Å². The van der Waals surface area contributed by atoms with Crippen LogP contribution >= 0.6 is 0 Å². The molecule has 2 aromatic rings. The van der Waals surface area contributed by atoms with Gasteiger partial charge < -0.3 is 24.5 Å². The zero-order valence-corrected chi connectivity index (χ0v) is 17.0. The minimum Gasteiger partial charge on any atom is -0.619 e. The summed E-state index contributed by atoms with van der Waals surface area (Å²) in [7, 11) is 0. The van der Waals surface area contributed by atoms with E-state index in [1.165, 1.54) is 6.21 Å². The highest BCUT2D eigenvalue weighted by Gasteiger charge is 2.19. The van der Waals surface area contributed by atoms with E-state index in [0.717, 1.165) is 11.9 Å². The first-order valence-corrected chi connectivity index (χ1v) is 10.0. The number of nitrogens with one attached hydrogen (secondary N) is 1. The predicted molar refractivity (Wildman–Crippen MR) is 116 cm³/mol. The van der Waals surface area contributed by atoms with Crippen molar-refractivity contribution in [1.82, 2.24) is 9.97 Å². The molecule has 1 aromatic carbocycles. The van der Waals surface area contributed by atoms with Gasteiger partial charge in [-0.05, 0) is 6.07 Å². The number of anilines is 3. The summed E-state index contributed by atoms with van der Waals surface area (Å²) in [6.45, 7) is 8.31. The smallest absolute Gasteiger partial charge is 0.245 e. The average Bonchev–Trinajstić information content (AvgIpc) is 2.81. The molecule has 2 aliphatic heterocycles. The maximum atomic E-state index is 14.1. The fraction of sp³-hybridized carbons (Fsp3) is 0.400. The summed E-state index contributed by atoms with van der Waals surface area (Å²) < 4.78 is 25.4. The van der Waals surface area contributed by atoms with E-state index in [-0.39, 0.29) is 11.8 Å². The Labute approximate surface area is 179 Å². The highest BCUT2D eigenvalue weighted by Crippen LogP contribution is 2.29. The van der Waals surface area contributed by atoms with Gasteiger partial charge in [0.25, 0.3) is 0 Å². The third kappa shape index (κ3) is 5.06. The largest absolute Gasteiger partial charge is 0.619 e. The molecule has 4 rings (SSSR count). The maximum absolute atomic E-state index is 14.1. The lowest BCUT2D eigenvalue weighted by atomic mass is 10.1. The number of halogens is 1. The predicted octanol–water partition coefficient (Wildman–Crippen LogP) is 1.58. The summed E-state index contributed by atoms with van der Waals surface area (Å²) in [6.07, 6.45) is 2.65. The van der Waals surface area contributed by atoms with Crippen molar-refractivity contribution in [2.75, 3.05) is 67.8 Å². The first-order chi connectivity index (χ1) is 15.1. The lowest BCUT2D eigenvalue weighted by molar-refractivity contribution is -0.349. The van der Waals surface area contributed by atoms with Crippen LogP contribution in [0.15, 0.2) is 29.5 Å². The summed E-state index contributed by atoms with van der Waals surface area (Å²) >= 11 is 0. The molecule has 2 fully saturated rings. The van der Waals surface area contributed by atoms with Gasteiger partial charge in [-0.15, -0.1) is 0 Å². The van der Waals surface area contributed by atoms with Gasteiger partial charge in [0.1, 0.15) is 12.4 Å². The van der Waals surface area contributed by atoms with Crippen molar-refractivity contribution < 1.29 is 18.6 Å². The van der Waals surface area contributed by atoms with Crippen molar-refractivity contribution in [3.8, 4) is 0 Å². The van der Waals surface area contributed by atoms with Crippen LogP contribution in [0.1, 0.15) is 5.56 Å². The fourth-order valence-electron chi connectivity index (χ4n) is 3.47. The third-order valence-electron chi connectivity index (χ3n) is 5.03. The Morgan fingerprint density at radius 3 is 2.48 bits per heavy atom. The van der Waals surface area contributed by atoms with Gasteiger partial charge >= 0.3 is 0 Å². The maximum Gasteiger partial charge on any atom is 0.245 e. The molecule has 3 heterocycles. The Balaban J connectivity index is 1.47. The first kappa shape index (κ1) is 20.9. The molecule has 2 saturated heterocycles. The van der Waals surface area contributed by atoms with Crippen LogP contribution < -0.4 is 15.2 Å². The normalized spacial score (nSPS) is 17.2. The number of hydrazone groups is 1. The summed E-state index contributed by atoms with van der Waals surface area (Å²) in [5, 5.41) is 16.1.